The van der Waals surface area contributed by atoms with Gasteiger partial charge in [0.2, 0.25) is 17.3 Å². The number of nitro benzene ring substituents is 2. The van der Waals surface area contributed by atoms with Crippen molar-refractivity contribution in [2.24, 2.45) is 0 Å². The summed E-state index contributed by atoms with van der Waals surface area (Å²) in [5.74, 6) is -5.47. The molecule has 0 atom stereocenters. The Bertz CT molecular complexity index is 6850. The number of benzene rings is 13. The Balaban J connectivity index is 0.000000237. The molecule has 0 amide bonds. The molecule has 128 heavy (non-hydrogen) atoms. The molecule has 0 saturated carbocycles. The zero-order chi connectivity index (χ0) is 91.6. The first-order chi connectivity index (χ1) is 59.6. The first kappa shape index (κ1) is 101. The monoisotopic (exact) mass is 1850 g/mol. The second-order valence-electron chi connectivity index (χ2n) is 30.6. The number of nitrogens with zero attached hydrogens (tertiary/aromatic N) is 2. The van der Waals surface area contributed by atoms with Crippen LogP contribution in [-0.2, 0) is 45.5 Å². The maximum atomic E-state index is 14.7. The number of nitro groups is 2. The minimum absolute atomic E-state index is 0. The van der Waals surface area contributed by atoms with Crippen LogP contribution in [0, 0.1) is 82.5 Å². The van der Waals surface area contributed by atoms with Crippen LogP contribution < -0.4 is 142 Å². The van der Waals surface area contributed by atoms with E-state index in [-0.39, 0.29) is 159 Å². The molecule has 26 nitrogen and oxygen atoms in total. The van der Waals surface area contributed by atoms with Crippen LogP contribution in [0.2, 0.25) is 0 Å². The summed E-state index contributed by atoms with van der Waals surface area (Å²) in [5, 5.41) is 42.4. The molecule has 0 fully saturated rings. The average Bonchev–Trinajstić information content (AvgIpc) is 0.723. The number of rotatable bonds is 19. The molecule has 2 aliphatic carbocycles. The standard InChI is InChI=1S/C36H29N3O7S.C35H26N2O10S2.C16H18S.C8H11N.CH2O3.2K.H/c1-20-10-13-24(14-11-20)47(44,45)46-30-18-16-27(37-25-8-6-5-7-22(25)3)32-34(30)36(41)33-29(39(42)43)17-15-26(31(33)35(32)40)38-28-19-21(2)9-12-23(28)4;1-20-8-12-23(13-9-20)48(42,43)46-28-18-16-26(36-25-7-5-4-6-22(25)3)30-32(28)35(39)31-27(37(40)41)17-19-29(33(31)34(30)38)47-49(44,45)24-14-10-21(2)11-15-24;1-16(2,3)14-8-4-12(5-9-14)13-6-10-15(17)11-7-13;1-6-3-4-7(2)8(9)5-6;2-1-4-3;;;/h5-19,37-38H,1-4H3;4-19,36H,1-3H3;4-11,17H,1-3H3;3-5H,9H2,1-2H3;1,3H;;;/q;;;;;2*+1;-1/p-1. The quantitative estimate of drug-likeness (QED) is 0.00733. The summed E-state index contributed by atoms with van der Waals surface area (Å²) < 4.78 is 96.5. The van der Waals surface area contributed by atoms with E-state index in [1.807, 2.05) is 89.2 Å². The van der Waals surface area contributed by atoms with Gasteiger partial charge in [0.15, 0.2) is 23.0 Å². The number of nitrogens with one attached hydrogen (secondary N) is 3. The smallest absolute Gasteiger partial charge is 1.00 e. The fourth-order valence-corrected chi connectivity index (χ4v) is 16.4. The summed E-state index contributed by atoms with van der Waals surface area (Å²) in [6, 6.07) is 69.9. The number of aryl methyl sites for hydroxylation is 9. The van der Waals surface area contributed by atoms with Crippen LogP contribution in [0.3, 0.4) is 0 Å². The van der Waals surface area contributed by atoms with Crippen LogP contribution in [0.25, 0.3) is 11.1 Å². The third-order valence-electron chi connectivity index (χ3n) is 20.3. The van der Waals surface area contributed by atoms with Crippen molar-refractivity contribution >= 4 is 124 Å². The van der Waals surface area contributed by atoms with Gasteiger partial charge in [0.05, 0.1) is 60.3 Å². The fraction of sp³-hybridized carbons (Fsp3) is 0.135. The van der Waals surface area contributed by atoms with Gasteiger partial charge in [0.1, 0.15) is 25.8 Å². The Morgan fingerprint density at radius 1 is 0.367 bits per heavy atom. The van der Waals surface area contributed by atoms with E-state index in [9.17, 15) is 64.7 Å². The van der Waals surface area contributed by atoms with Crippen LogP contribution >= 0.6 is 12.6 Å². The van der Waals surface area contributed by atoms with Crippen molar-refractivity contribution in [1.29, 1.82) is 0 Å². The molecule has 0 bridgehead atoms. The van der Waals surface area contributed by atoms with Crippen LogP contribution in [0.5, 0.6) is 17.2 Å². The molecule has 0 aliphatic heterocycles. The molecule has 0 saturated heterocycles. The van der Waals surface area contributed by atoms with Crippen LogP contribution in [0.15, 0.2) is 274 Å². The van der Waals surface area contributed by atoms with E-state index < -0.39 is 125 Å². The molecule has 13 aromatic rings. The van der Waals surface area contributed by atoms with Gasteiger partial charge in [-0.15, -0.1) is 12.6 Å². The molecular weight excluding hydrogens is 1760 g/mol. The first-order valence-electron chi connectivity index (χ1n) is 38.7. The van der Waals surface area contributed by atoms with Gasteiger partial charge in [-0.1, -0.05) is 171 Å². The minimum Gasteiger partial charge on any atom is -1.00 e. The second-order valence-corrected chi connectivity index (χ2v) is 35.7. The van der Waals surface area contributed by atoms with Crippen LogP contribution in [0.1, 0.15) is 142 Å². The average molecular weight is 1850 g/mol. The number of nitrogen functional groups attached to an aromatic ring is 1. The molecule has 2 aliphatic rings. The van der Waals surface area contributed by atoms with Crippen molar-refractivity contribution in [1.82, 2.24) is 0 Å². The van der Waals surface area contributed by atoms with Crippen molar-refractivity contribution in [3.8, 4) is 28.4 Å². The molecular formula is C96H86K2N6O20S4. The topological polar surface area (TPSA) is 396 Å². The Morgan fingerprint density at radius 3 is 1.03 bits per heavy atom. The van der Waals surface area contributed by atoms with Crippen molar-refractivity contribution in [3.63, 3.8) is 0 Å². The van der Waals surface area contributed by atoms with Crippen LogP contribution in [0.4, 0.5) is 51.2 Å². The zero-order valence-corrected chi connectivity index (χ0v) is 81.7. The van der Waals surface area contributed by atoms with E-state index in [1.165, 1.54) is 95.1 Å². The number of ketones is 4. The Morgan fingerprint density at radius 2 is 0.664 bits per heavy atom. The molecule has 0 radical (unpaired) electrons. The number of hydrogen-bond donors (Lipinski definition) is 5. The molecule has 646 valence electrons. The largest absolute Gasteiger partial charge is 1.00 e. The van der Waals surface area contributed by atoms with Gasteiger partial charge < -0.3 is 45.8 Å². The first-order valence-corrected chi connectivity index (χ1v) is 43.4. The number of para-hydroxylation sites is 2. The predicted molar refractivity (Wildman–Crippen MR) is 484 cm³/mol. The number of carbonyl (C=O) groups excluding carboxylic acids is 5. The molecule has 0 unspecified atom stereocenters. The maximum absolute atomic E-state index is 14.7. The van der Waals surface area contributed by atoms with E-state index in [1.54, 1.807) is 88.4 Å². The summed E-state index contributed by atoms with van der Waals surface area (Å²) in [7, 11) is -13.6. The van der Waals surface area contributed by atoms with Crippen molar-refractivity contribution < 1.29 is 186 Å². The number of hydrogen-bond acceptors (Lipinski definition) is 25. The van der Waals surface area contributed by atoms with Crippen molar-refractivity contribution in [2.75, 3.05) is 21.7 Å². The summed E-state index contributed by atoms with van der Waals surface area (Å²) >= 11 is 4.30. The minimum atomic E-state index is -4.60. The van der Waals surface area contributed by atoms with Gasteiger partial charge in [-0.25, -0.2) is 0 Å². The molecule has 0 aromatic heterocycles. The summed E-state index contributed by atoms with van der Waals surface area (Å²) in [5.41, 5.74) is 15.8. The maximum Gasteiger partial charge on any atom is 1.00 e. The van der Waals surface area contributed by atoms with Gasteiger partial charge in [-0.05, 0) is 227 Å². The second kappa shape index (κ2) is 42.8. The molecule has 5 N–H and O–H groups in total. The van der Waals surface area contributed by atoms with E-state index in [0.29, 0.717) is 17.1 Å². The Kier molecular flexibility index (Phi) is 33.7. The predicted octanol–water partition coefficient (Wildman–Crippen LogP) is 13.8. The van der Waals surface area contributed by atoms with Crippen LogP contribution in [-0.4, -0.2) is 64.7 Å². The van der Waals surface area contributed by atoms with E-state index in [4.69, 9.17) is 28.3 Å². The van der Waals surface area contributed by atoms with E-state index in [0.717, 1.165) is 79.4 Å². The Hall–Kier alpha value is -11.2. The number of fused-ring (bicyclic) bond motifs is 4. The van der Waals surface area contributed by atoms with Gasteiger partial charge in [0, 0.05) is 39.8 Å². The summed E-state index contributed by atoms with van der Waals surface area (Å²) in [6.07, 6.45) is 0. The van der Waals surface area contributed by atoms with Gasteiger partial charge >= 0.3 is 133 Å². The third kappa shape index (κ3) is 23.7. The number of anilines is 7. The van der Waals surface area contributed by atoms with Gasteiger partial charge in [-0.3, -0.25) is 44.2 Å². The van der Waals surface area contributed by atoms with Crippen molar-refractivity contribution in [3.05, 3.63) is 375 Å². The third-order valence-corrected chi connectivity index (χ3v) is 24.4. The molecule has 13 aromatic carbocycles. The number of nitrogens with two attached hydrogens (primary N) is 1. The summed E-state index contributed by atoms with van der Waals surface area (Å²) in [6.45, 7) is 23.3. The van der Waals surface area contributed by atoms with E-state index >= 15 is 0 Å². The number of thiol groups is 1. The molecule has 15 rings (SSSR count). The zero-order valence-electron chi connectivity index (χ0n) is 73.1. The SMILES string of the molecule is CC(C)(C)c1ccc(-c2ccc(S)cc2)cc1.Cc1ccc(C)c(N)c1.Cc1ccc(S(=O)(=O)Oc2ccc(Nc3ccccc3C)c3c2C(=O)c2c([N+](=O)[O-])ccc(Nc4cc(C)ccc4C)c2C3=O)cc1.Cc1ccc(S(=O)(=O)Oc2ccc(Nc3ccccc3C)c3c2C(=O)c2c([N+](=O)[O-])ccc(OS(=O)(=O)c4ccc(C)cc4)c2C3=O)cc1.O=CO[O-].[H-].[K+].[K+]. The molecule has 32 heteroatoms. The molecule has 0 heterocycles. The Labute approximate surface area is 833 Å². The number of carbonyl (C=O) groups is 5. The van der Waals surface area contributed by atoms with Gasteiger partial charge in [-0.2, -0.15) is 25.3 Å². The van der Waals surface area contributed by atoms with E-state index in [2.05, 4.69) is 96.7 Å². The molecule has 0 spiro atoms. The van der Waals surface area contributed by atoms with Crippen molar-refractivity contribution in [2.45, 2.75) is 108 Å². The summed E-state index contributed by atoms with van der Waals surface area (Å²) in [4.78, 5) is 92.5. The van der Waals surface area contributed by atoms with Gasteiger partial charge in [0.25, 0.3) is 17.8 Å². The normalized spacial score (nSPS) is 11.7. The fourth-order valence-electron chi connectivity index (χ4n) is 13.4.